The molecule has 0 aliphatic carbocycles. The lowest BCUT2D eigenvalue weighted by Crippen LogP contribution is -2.49. The number of carbonyl (C=O) groups is 4. The minimum atomic E-state index is -1.23. The summed E-state index contributed by atoms with van der Waals surface area (Å²) in [5.41, 5.74) is 2.44. The van der Waals surface area contributed by atoms with Gasteiger partial charge in [-0.25, -0.2) is 0 Å². The van der Waals surface area contributed by atoms with Crippen LogP contribution in [0.25, 0.3) is 10.8 Å². The Bertz CT molecular complexity index is 1790. The lowest BCUT2D eigenvalue weighted by atomic mass is 9.98. The predicted molar refractivity (Wildman–Crippen MR) is 202 cm³/mol. The lowest BCUT2D eigenvalue weighted by Gasteiger charge is -2.23. The van der Waals surface area contributed by atoms with Crippen molar-refractivity contribution in [2.45, 2.75) is 57.2 Å². The number of rotatable bonds is 21. The van der Waals surface area contributed by atoms with E-state index in [4.69, 9.17) is 9.47 Å². The maximum absolute atomic E-state index is 13.6. The van der Waals surface area contributed by atoms with Crippen molar-refractivity contribution in [3.63, 3.8) is 0 Å². The highest BCUT2D eigenvalue weighted by atomic mass is 16.5. The second kappa shape index (κ2) is 20.8. The molecular weight excluding hydrogens is 658 g/mol. The minimum absolute atomic E-state index is 0.135. The Morgan fingerprint density at radius 1 is 0.788 bits per heavy atom. The molecule has 0 bridgehead atoms. The van der Waals surface area contributed by atoms with Crippen molar-refractivity contribution in [2.24, 2.45) is 5.92 Å². The molecule has 0 saturated carbocycles. The van der Waals surface area contributed by atoms with Crippen LogP contribution in [0.5, 0.6) is 5.75 Å². The molecule has 4 rings (SSSR count). The number of hydrogen-bond donors (Lipinski definition) is 4. The van der Waals surface area contributed by atoms with E-state index in [9.17, 15) is 24.3 Å². The first-order valence-electron chi connectivity index (χ1n) is 17.4. The molecule has 272 valence electrons. The molecule has 0 aliphatic heterocycles. The monoisotopic (exact) mass is 705 g/mol. The average molecular weight is 706 g/mol. The van der Waals surface area contributed by atoms with Gasteiger partial charge >= 0.3 is 5.97 Å². The largest absolute Gasteiger partial charge is 0.489 e. The number of hydrogen-bond acceptors (Lipinski definition) is 7. The topological polar surface area (TPSA) is 143 Å². The van der Waals surface area contributed by atoms with Crippen LogP contribution in [0.2, 0.25) is 0 Å². The zero-order chi connectivity index (χ0) is 37.1. The number of anilines is 1. The molecule has 0 spiro atoms. The smallest absolute Gasteiger partial charge is 0.305 e. The first-order chi connectivity index (χ1) is 25.3. The quantitative estimate of drug-likeness (QED) is 0.0470. The van der Waals surface area contributed by atoms with Gasteiger partial charge in [-0.2, -0.15) is 0 Å². The van der Waals surface area contributed by atoms with Gasteiger partial charge in [-0.3, -0.25) is 19.2 Å². The second-order valence-corrected chi connectivity index (χ2v) is 12.5. The Kier molecular flexibility index (Phi) is 15.6. The van der Waals surface area contributed by atoms with E-state index in [-0.39, 0.29) is 25.9 Å². The first kappa shape index (κ1) is 39.1. The van der Waals surface area contributed by atoms with Gasteiger partial charge in [0.25, 0.3) is 5.91 Å². The van der Waals surface area contributed by atoms with Crippen molar-refractivity contribution in [1.82, 2.24) is 10.6 Å². The normalized spacial score (nSPS) is 12.5. The number of ether oxygens (including phenoxy) is 2. The first-order valence-corrected chi connectivity index (χ1v) is 17.4. The maximum atomic E-state index is 13.6. The van der Waals surface area contributed by atoms with Gasteiger partial charge in [0, 0.05) is 18.5 Å². The molecule has 0 radical (unpaired) electrons. The molecule has 4 aromatic carbocycles. The summed E-state index contributed by atoms with van der Waals surface area (Å²) in [7, 11) is 0. The van der Waals surface area contributed by atoms with Crippen molar-refractivity contribution in [3.05, 3.63) is 133 Å². The van der Waals surface area contributed by atoms with Crippen molar-refractivity contribution in [2.75, 3.05) is 18.5 Å². The number of allylic oxidation sites excluding steroid dienone is 2. The van der Waals surface area contributed by atoms with Gasteiger partial charge in [0.15, 0.2) is 0 Å². The van der Waals surface area contributed by atoms with E-state index in [1.807, 2.05) is 91.0 Å². The molecular formula is C42H47N3O7. The van der Waals surface area contributed by atoms with Crippen LogP contribution in [-0.4, -0.2) is 54.1 Å². The van der Waals surface area contributed by atoms with E-state index in [0.717, 1.165) is 21.9 Å². The Balaban J connectivity index is 1.36. The molecule has 4 aromatic rings. The lowest BCUT2D eigenvalue weighted by molar-refractivity contribution is -0.146. The Morgan fingerprint density at radius 2 is 1.52 bits per heavy atom. The summed E-state index contributed by atoms with van der Waals surface area (Å²) in [5, 5.41) is 20.3. The van der Waals surface area contributed by atoms with Crippen LogP contribution in [0, 0.1) is 5.92 Å². The SMILES string of the molecule is C=CCCCC(=O)OC[C@H](NC(=O)[C@@H](CC=C)CC(=O)N[C@H](CO)Cc1ccc(OCc2ccccc2)cc1)C(=O)Nc1ccc2ccccc2c1. The fourth-order valence-electron chi connectivity index (χ4n) is 5.51. The fourth-order valence-corrected chi connectivity index (χ4v) is 5.51. The number of amides is 3. The summed E-state index contributed by atoms with van der Waals surface area (Å²) in [5.74, 6) is -2.30. The highest BCUT2D eigenvalue weighted by molar-refractivity contribution is 5.99. The van der Waals surface area contributed by atoms with Crippen molar-refractivity contribution in [3.8, 4) is 5.75 Å². The van der Waals surface area contributed by atoms with Gasteiger partial charge in [0.05, 0.1) is 18.6 Å². The molecule has 0 fully saturated rings. The number of carbonyl (C=O) groups excluding carboxylic acids is 4. The van der Waals surface area contributed by atoms with Crippen LogP contribution < -0.4 is 20.7 Å². The molecule has 10 nitrogen and oxygen atoms in total. The molecule has 52 heavy (non-hydrogen) atoms. The molecule has 4 N–H and O–H groups in total. The molecule has 3 amide bonds. The number of aliphatic hydroxyl groups excluding tert-OH is 1. The van der Waals surface area contributed by atoms with Crippen LogP contribution in [-0.2, 0) is 36.9 Å². The summed E-state index contributed by atoms with van der Waals surface area (Å²) < 4.78 is 11.2. The zero-order valence-electron chi connectivity index (χ0n) is 29.3. The van der Waals surface area contributed by atoms with Crippen molar-refractivity contribution < 1.29 is 33.8 Å². The summed E-state index contributed by atoms with van der Waals surface area (Å²) in [6.45, 7) is 7.11. The summed E-state index contributed by atoms with van der Waals surface area (Å²) in [6, 6.07) is 28.5. The Hall–Kier alpha value is -5.74. The van der Waals surface area contributed by atoms with Gasteiger partial charge in [-0.1, -0.05) is 84.9 Å². The minimum Gasteiger partial charge on any atom is -0.489 e. The average Bonchev–Trinajstić information content (AvgIpc) is 3.16. The summed E-state index contributed by atoms with van der Waals surface area (Å²) in [6.07, 6.45) is 4.82. The van der Waals surface area contributed by atoms with Gasteiger partial charge in [-0.15, -0.1) is 13.2 Å². The number of fused-ring (bicyclic) bond motifs is 1. The third-order valence-corrected chi connectivity index (χ3v) is 8.34. The van der Waals surface area contributed by atoms with E-state index >= 15 is 0 Å². The number of benzene rings is 4. The van der Waals surface area contributed by atoms with E-state index in [0.29, 0.717) is 37.3 Å². The molecule has 0 unspecified atom stereocenters. The highest BCUT2D eigenvalue weighted by Gasteiger charge is 2.28. The van der Waals surface area contributed by atoms with E-state index in [1.165, 1.54) is 6.08 Å². The molecule has 10 heteroatoms. The summed E-state index contributed by atoms with van der Waals surface area (Å²) in [4.78, 5) is 52.6. The van der Waals surface area contributed by atoms with Crippen molar-refractivity contribution in [1.29, 1.82) is 0 Å². The zero-order valence-corrected chi connectivity index (χ0v) is 29.3. The second-order valence-electron chi connectivity index (χ2n) is 12.5. The molecule has 0 aliphatic rings. The van der Waals surface area contributed by atoms with E-state index in [1.54, 1.807) is 12.1 Å². The number of unbranched alkanes of at least 4 members (excludes halogenated alkanes) is 1. The van der Waals surface area contributed by atoms with Crippen LogP contribution >= 0.6 is 0 Å². The number of nitrogens with one attached hydrogen (secondary N) is 3. The standard InChI is InChI=1S/C42H47N3O7/c1-3-5-7-17-40(48)52-29-38(42(50)44-35-21-20-32-15-10-11-16-33(32)25-35)45-41(49)34(12-4-2)26-39(47)43-36(27-46)24-30-18-22-37(23-19-30)51-28-31-13-8-6-9-14-31/h3-4,6,8-11,13-16,18-23,25,34,36,38,46H,1-2,5,7,12,17,24,26-29H2,(H,43,47)(H,44,50)(H,45,49)/t34-,36-,38-/m0/s1. The van der Waals surface area contributed by atoms with Gasteiger partial charge in [0.1, 0.15) is 25.0 Å². The van der Waals surface area contributed by atoms with Crippen LogP contribution in [0.3, 0.4) is 0 Å². The van der Waals surface area contributed by atoms with E-state index < -0.39 is 48.3 Å². The highest BCUT2D eigenvalue weighted by Crippen LogP contribution is 2.20. The Morgan fingerprint density at radius 3 is 2.23 bits per heavy atom. The van der Waals surface area contributed by atoms with Crippen LogP contribution in [0.4, 0.5) is 5.69 Å². The molecule has 3 atom stereocenters. The van der Waals surface area contributed by atoms with Crippen LogP contribution in [0.1, 0.15) is 43.2 Å². The molecule has 0 saturated heterocycles. The van der Waals surface area contributed by atoms with E-state index in [2.05, 4.69) is 29.1 Å². The third kappa shape index (κ3) is 12.9. The summed E-state index contributed by atoms with van der Waals surface area (Å²) >= 11 is 0. The molecule has 0 heterocycles. The molecule has 0 aromatic heterocycles. The van der Waals surface area contributed by atoms with Gasteiger partial charge < -0.3 is 30.5 Å². The van der Waals surface area contributed by atoms with Crippen molar-refractivity contribution >= 4 is 40.2 Å². The maximum Gasteiger partial charge on any atom is 0.305 e. The Labute approximate surface area is 304 Å². The van der Waals surface area contributed by atoms with Gasteiger partial charge in [-0.05, 0) is 71.8 Å². The number of aliphatic hydroxyl groups is 1. The van der Waals surface area contributed by atoms with Crippen LogP contribution in [0.15, 0.2) is 122 Å². The number of esters is 1. The predicted octanol–water partition coefficient (Wildman–Crippen LogP) is 6.04. The fraction of sp³-hybridized carbons (Fsp3) is 0.286. The van der Waals surface area contributed by atoms with Gasteiger partial charge in [0.2, 0.25) is 11.8 Å². The third-order valence-electron chi connectivity index (χ3n) is 8.34.